The van der Waals surface area contributed by atoms with Gasteiger partial charge in [-0.05, 0) is 101 Å². The first kappa shape index (κ1) is 31.1. The molecule has 3 nitrogen and oxygen atoms in total. The minimum absolute atomic E-state index is 0. The molecule has 261 valence electrons. The van der Waals surface area contributed by atoms with Crippen molar-refractivity contribution in [1.82, 2.24) is 4.98 Å². The maximum absolute atomic E-state index is 14.5. The number of aryl methyl sites for hydroxylation is 2. The number of hydrogen-bond acceptors (Lipinski definition) is 3. The maximum Gasteiger partial charge on any atom is 0.164 e. The zero-order chi connectivity index (χ0) is 39.5. The van der Waals surface area contributed by atoms with Crippen molar-refractivity contribution in [3.05, 3.63) is 89.1 Å². The van der Waals surface area contributed by atoms with E-state index in [-0.39, 0.29) is 65.3 Å². The standard InChI is InChI=1S/C28H27FN.C15H28O2.Ir/c1-17-12-18(2)14-22(13-17)28-27-21(10-11-30-28)15-25(19(3)20-6-4-5-7-20)26-16-23(29)8-9-24(26)27;1-7-14(5,8-2)12(16)11-13(17)15(6,9-3)10-4;/h8-13,15-16,19-20H,4-7H2,1-3H3;11,16H,7-10H2,1-6H3;/q-1;;/b;12-11-;/i1D3,2D3;;. The van der Waals surface area contributed by atoms with E-state index in [9.17, 15) is 14.3 Å². The third-order valence-electron chi connectivity index (χ3n) is 11.2. The van der Waals surface area contributed by atoms with E-state index in [1.165, 1.54) is 37.1 Å². The molecule has 1 heterocycles. The molecule has 48 heavy (non-hydrogen) atoms. The number of carbonyl (C=O) groups is 1. The normalized spacial score (nSPS) is 17.2. The number of hydrogen-bond donors (Lipinski definition) is 1. The fraction of sp³-hybridized carbons (Fsp3) is 0.488. The monoisotopic (exact) mass is 835 g/mol. The van der Waals surface area contributed by atoms with E-state index in [1.807, 2.05) is 47.6 Å². The molecule has 5 rings (SSSR count). The number of aromatic nitrogens is 1. The van der Waals surface area contributed by atoms with E-state index in [4.69, 9.17) is 8.22 Å². The first-order valence-electron chi connectivity index (χ1n) is 20.3. The summed E-state index contributed by atoms with van der Waals surface area (Å²) < 4.78 is 61.7. The van der Waals surface area contributed by atoms with Gasteiger partial charge in [-0.15, -0.1) is 34.9 Å². The van der Waals surface area contributed by atoms with Gasteiger partial charge in [0.05, 0.1) is 0 Å². The number of benzene rings is 3. The molecule has 1 radical (unpaired) electrons. The molecule has 1 fully saturated rings. The molecular weight excluding hydrogens is 774 g/mol. The van der Waals surface area contributed by atoms with Gasteiger partial charge in [0.15, 0.2) is 5.78 Å². The van der Waals surface area contributed by atoms with Crippen LogP contribution in [0.25, 0.3) is 32.8 Å². The Morgan fingerprint density at radius 1 is 1.00 bits per heavy atom. The van der Waals surface area contributed by atoms with Crippen LogP contribution in [0.3, 0.4) is 0 Å². The fourth-order valence-electron chi connectivity index (χ4n) is 6.77. The number of aliphatic hydroxyl groups is 1. The number of allylic oxidation sites excluding steroid dienone is 2. The Morgan fingerprint density at radius 2 is 1.67 bits per heavy atom. The molecule has 4 aromatic rings. The Labute approximate surface area is 310 Å². The predicted molar refractivity (Wildman–Crippen MR) is 196 cm³/mol. The molecule has 0 saturated heterocycles. The number of pyridine rings is 1. The van der Waals surface area contributed by atoms with E-state index in [1.54, 1.807) is 18.3 Å². The number of ketones is 1. The van der Waals surface area contributed by atoms with Crippen LogP contribution in [0.2, 0.25) is 0 Å². The smallest absolute Gasteiger partial charge is 0.164 e. The average Bonchev–Trinajstić information content (AvgIpc) is 3.68. The molecule has 0 aliphatic heterocycles. The minimum atomic E-state index is -2.53. The summed E-state index contributed by atoms with van der Waals surface area (Å²) in [7, 11) is 0. The molecule has 0 bridgehead atoms. The van der Waals surface area contributed by atoms with Gasteiger partial charge in [0, 0.05) is 51.4 Å². The van der Waals surface area contributed by atoms with E-state index in [0.29, 0.717) is 17.2 Å². The van der Waals surface area contributed by atoms with Gasteiger partial charge in [-0.25, -0.2) is 4.39 Å². The first-order chi connectivity index (χ1) is 24.7. The van der Waals surface area contributed by atoms with Crippen LogP contribution in [-0.2, 0) is 24.9 Å². The molecule has 1 aromatic heterocycles. The van der Waals surface area contributed by atoms with Crippen molar-refractivity contribution < 1.29 is 42.6 Å². The second-order valence-electron chi connectivity index (χ2n) is 13.9. The quantitative estimate of drug-likeness (QED) is 0.0749. The summed E-state index contributed by atoms with van der Waals surface area (Å²) in [4.78, 5) is 16.7. The molecule has 3 aromatic carbocycles. The van der Waals surface area contributed by atoms with Crippen LogP contribution >= 0.6 is 0 Å². The van der Waals surface area contributed by atoms with Crippen LogP contribution in [0.1, 0.15) is 131 Å². The zero-order valence-electron chi connectivity index (χ0n) is 35.5. The van der Waals surface area contributed by atoms with Crippen LogP contribution in [-0.4, -0.2) is 15.9 Å². The van der Waals surface area contributed by atoms with Gasteiger partial charge in [-0.2, -0.15) is 0 Å². The molecule has 1 atom stereocenters. The molecule has 1 aliphatic rings. The van der Waals surface area contributed by atoms with Crippen molar-refractivity contribution in [1.29, 1.82) is 0 Å². The van der Waals surface area contributed by atoms with Crippen molar-refractivity contribution in [3.8, 4) is 11.3 Å². The second-order valence-corrected chi connectivity index (χ2v) is 13.9. The van der Waals surface area contributed by atoms with Gasteiger partial charge in [0.25, 0.3) is 0 Å². The SMILES string of the molecule is CCC(C)(CC)C(=O)/C=C(\O)C(C)(CC)CC.[2H]C([2H])([2H])c1[c-]c(-c2nccc3cc(C(C)C4CCCC4)c4cc(F)ccc4c23)cc(C([2H])([2H])[2H])c1.[Ir]. The summed E-state index contributed by atoms with van der Waals surface area (Å²) in [5.74, 6) is 0.758. The summed E-state index contributed by atoms with van der Waals surface area (Å²) in [5, 5.41) is 13.4. The Balaban J connectivity index is 0.000000372. The Bertz CT molecular complexity index is 1930. The third-order valence-corrected chi connectivity index (χ3v) is 11.2. The summed E-state index contributed by atoms with van der Waals surface area (Å²) in [6.45, 7) is 9.26. The van der Waals surface area contributed by atoms with Gasteiger partial charge < -0.3 is 10.1 Å². The van der Waals surface area contributed by atoms with Crippen molar-refractivity contribution in [2.45, 2.75) is 119 Å². The average molecular weight is 835 g/mol. The topological polar surface area (TPSA) is 50.2 Å². The molecule has 5 heteroatoms. The Kier molecular flexibility index (Phi) is 10.8. The number of fused-ring (bicyclic) bond motifs is 3. The van der Waals surface area contributed by atoms with Crippen LogP contribution in [0.5, 0.6) is 0 Å². The molecular formula is C43H55FIrNO2-. The minimum Gasteiger partial charge on any atom is -0.512 e. The van der Waals surface area contributed by atoms with Crippen molar-refractivity contribution in [3.63, 3.8) is 0 Å². The van der Waals surface area contributed by atoms with Crippen molar-refractivity contribution in [2.75, 3.05) is 0 Å². The van der Waals surface area contributed by atoms with Crippen molar-refractivity contribution in [2.24, 2.45) is 16.7 Å². The molecule has 1 aliphatic carbocycles. The number of nitrogens with zero attached hydrogens (tertiary/aromatic N) is 1. The summed E-state index contributed by atoms with van der Waals surface area (Å²) in [6.07, 6.45) is 11.1. The van der Waals surface area contributed by atoms with Crippen LogP contribution in [0.15, 0.2) is 60.5 Å². The third kappa shape index (κ3) is 8.45. The zero-order valence-corrected chi connectivity index (χ0v) is 31.9. The van der Waals surface area contributed by atoms with E-state index >= 15 is 0 Å². The largest absolute Gasteiger partial charge is 0.512 e. The Morgan fingerprint density at radius 3 is 2.27 bits per heavy atom. The first-order valence-corrected chi connectivity index (χ1v) is 17.3. The van der Waals surface area contributed by atoms with Gasteiger partial charge >= 0.3 is 0 Å². The van der Waals surface area contributed by atoms with E-state index < -0.39 is 13.7 Å². The van der Waals surface area contributed by atoms with Crippen LogP contribution in [0, 0.1) is 42.3 Å². The number of aliphatic hydroxyl groups excluding tert-OH is 1. The van der Waals surface area contributed by atoms with Crippen molar-refractivity contribution >= 4 is 27.3 Å². The van der Waals surface area contributed by atoms with Gasteiger partial charge in [-0.3, -0.25) is 4.79 Å². The Hall–Kier alpha value is -2.88. The van der Waals surface area contributed by atoms with Gasteiger partial charge in [0.2, 0.25) is 0 Å². The summed E-state index contributed by atoms with van der Waals surface area (Å²) in [6, 6.07) is 14.2. The molecule has 1 unspecified atom stereocenters. The number of carbonyl (C=O) groups excluding carboxylic acids is 1. The van der Waals surface area contributed by atoms with E-state index in [2.05, 4.69) is 24.0 Å². The summed E-state index contributed by atoms with van der Waals surface area (Å²) >= 11 is 0. The van der Waals surface area contributed by atoms with Gasteiger partial charge in [0.1, 0.15) is 11.6 Å². The van der Waals surface area contributed by atoms with Crippen LogP contribution in [0.4, 0.5) is 4.39 Å². The number of rotatable bonds is 10. The predicted octanol–water partition coefficient (Wildman–Crippen LogP) is 12.6. The molecule has 1 N–H and O–H groups in total. The summed E-state index contributed by atoms with van der Waals surface area (Å²) in [5.41, 5.74) is 0.955. The molecule has 0 amide bonds. The van der Waals surface area contributed by atoms with E-state index in [0.717, 1.165) is 65.6 Å². The fourth-order valence-corrected chi connectivity index (χ4v) is 6.77. The number of halogens is 1. The second kappa shape index (κ2) is 16.7. The molecule has 0 spiro atoms. The molecule has 1 saturated carbocycles. The van der Waals surface area contributed by atoms with Crippen LogP contribution < -0.4 is 0 Å². The maximum atomic E-state index is 14.5. The van der Waals surface area contributed by atoms with Gasteiger partial charge in [-0.1, -0.05) is 87.1 Å².